The second kappa shape index (κ2) is 8.79. The predicted molar refractivity (Wildman–Crippen MR) is 108 cm³/mol. The van der Waals surface area contributed by atoms with E-state index >= 15 is 0 Å². The van der Waals surface area contributed by atoms with Gasteiger partial charge in [0.15, 0.2) is 11.6 Å². The summed E-state index contributed by atoms with van der Waals surface area (Å²) in [5.74, 6) is -2.86. The highest BCUT2D eigenvalue weighted by Gasteiger charge is 2.39. The van der Waals surface area contributed by atoms with Gasteiger partial charge >= 0.3 is 0 Å². The van der Waals surface area contributed by atoms with E-state index in [9.17, 15) is 27.1 Å². The molecule has 1 fully saturated rings. The van der Waals surface area contributed by atoms with Crippen LogP contribution in [-0.4, -0.2) is 42.4 Å². The van der Waals surface area contributed by atoms with Crippen LogP contribution in [0.2, 0.25) is 0 Å². The maximum Gasteiger partial charge on any atom is 0.243 e. The van der Waals surface area contributed by atoms with Crippen molar-refractivity contribution < 1.29 is 27.1 Å². The third kappa shape index (κ3) is 4.53. The number of halogens is 2. The molecule has 2 aromatic rings. The molecule has 2 N–H and O–H groups in total. The zero-order chi connectivity index (χ0) is 22.1. The Morgan fingerprint density at radius 3 is 2.53 bits per heavy atom. The number of nitrogens with zero attached hydrogens (tertiary/aromatic N) is 1. The first-order chi connectivity index (χ1) is 14.1. The highest BCUT2D eigenvalue weighted by Crippen LogP contribution is 2.29. The van der Waals surface area contributed by atoms with E-state index in [-0.39, 0.29) is 29.1 Å². The smallest absolute Gasteiger partial charge is 0.243 e. The highest BCUT2D eigenvalue weighted by molar-refractivity contribution is 7.89. The Morgan fingerprint density at radius 1 is 1.23 bits per heavy atom. The first-order valence-electron chi connectivity index (χ1n) is 9.65. The maximum absolute atomic E-state index is 14.2. The van der Waals surface area contributed by atoms with Crippen molar-refractivity contribution in [3.05, 3.63) is 59.2 Å². The molecule has 0 bridgehead atoms. The van der Waals surface area contributed by atoms with Crippen LogP contribution in [0.15, 0.2) is 41.3 Å². The molecule has 1 aliphatic rings. The lowest BCUT2D eigenvalue weighted by Crippen LogP contribution is -2.43. The van der Waals surface area contributed by atoms with Gasteiger partial charge in [-0.15, -0.1) is 0 Å². The number of sulfonamides is 1. The fourth-order valence-corrected chi connectivity index (χ4v) is 5.21. The Bertz CT molecular complexity index is 1040. The minimum Gasteiger partial charge on any atom is -0.393 e. The average Bonchev–Trinajstić information content (AvgIpc) is 3.18. The summed E-state index contributed by atoms with van der Waals surface area (Å²) in [6, 6.07) is 7.47. The summed E-state index contributed by atoms with van der Waals surface area (Å²) < 4.78 is 55.0. The lowest BCUT2D eigenvalue weighted by atomic mass is 10.0. The van der Waals surface area contributed by atoms with Gasteiger partial charge in [0.2, 0.25) is 15.9 Å². The van der Waals surface area contributed by atoms with Gasteiger partial charge in [0.1, 0.15) is 6.04 Å². The molecule has 0 saturated carbocycles. The van der Waals surface area contributed by atoms with Crippen molar-refractivity contribution in [3.8, 4) is 0 Å². The van der Waals surface area contributed by atoms with Crippen molar-refractivity contribution in [2.24, 2.45) is 0 Å². The number of amides is 1. The van der Waals surface area contributed by atoms with Gasteiger partial charge < -0.3 is 10.4 Å². The first kappa shape index (κ1) is 22.3. The molecule has 1 aliphatic heterocycles. The van der Waals surface area contributed by atoms with Gasteiger partial charge in [-0.3, -0.25) is 4.79 Å². The summed E-state index contributed by atoms with van der Waals surface area (Å²) in [4.78, 5) is 13.0. The third-order valence-electron chi connectivity index (χ3n) is 5.09. The number of hydrogen-bond donors (Lipinski definition) is 2. The van der Waals surface area contributed by atoms with E-state index < -0.39 is 39.7 Å². The molecular formula is C21H24F2N2O4S. The molecule has 0 spiro atoms. The molecule has 0 aliphatic carbocycles. The number of nitrogens with one attached hydrogen (secondary N) is 1. The van der Waals surface area contributed by atoms with Gasteiger partial charge in [-0.05, 0) is 51.0 Å². The largest absolute Gasteiger partial charge is 0.393 e. The Balaban J connectivity index is 1.87. The van der Waals surface area contributed by atoms with E-state index in [0.717, 1.165) is 15.9 Å². The molecule has 2 atom stereocenters. The zero-order valence-corrected chi connectivity index (χ0v) is 17.5. The van der Waals surface area contributed by atoms with E-state index in [4.69, 9.17) is 0 Å². The van der Waals surface area contributed by atoms with Crippen LogP contribution in [0.3, 0.4) is 0 Å². The van der Waals surface area contributed by atoms with Crippen molar-refractivity contribution >= 4 is 21.6 Å². The normalized spacial score (nSPS) is 18.4. The van der Waals surface area contributed by atoms with Crippen molar-refractivity contribution in [2.75, 3.05) is 11.9 Å². The van der Waals surface area contributed by atoms with E-state index in [1.54, 1.807) is 12.1 Å². The van der Waals surface area contributed by atoms with Crippen LogP contribution in [-0.2, 0) is 21.2 Å². The van der Waals surface area contributed by atoms with Gasteiger partial charge in [0.25, 0.3) is 0 Å². The third-order valence-corrected chi connectivity index (χ3v) is 7.01. The molecule has 1 saturated heterocycles. The molecule has 0 radical (unpaired) electrons. The summed E-state index contributed by atoms with van der Waals surface area (Å²) in [5.41, 5.74) is 0.761. The number of aliphatic hydroxyl groups excluding tert-OH is 1. The molecule has 1 unspecified atom stereocenters. The molecule has 1 amide bonds. The van der Waals surface area contributed by atoms with Gasteiger partial charge in [0, 0.05) is 24.2 Å². The molecule has 162 valence electrons. The topological polar surface area (TPSA) is 86.7 Å². The van der Waals surface area contributed by atoms with Crippen molar-refractivity contribution in [1.29, 1.82) is 0 Å². The molecule has 6 nitrogen and oxygen atoms in total. The quantitative estimate of drug-likeness (QED) is 0.726. The van der Waals surface area contributed by atoms with Crippen molar-refractivity contribution in [2.45, 2.75) is 50.2 Å². The van der Waals surface area contributed by atoms with Crippen LogP contribution in [0.5, 0.6) is 0 Å². The van der Waals surface area contributed by atoms with Gasteiger partial charge in [-0.2, -0.15) is 4.31 Å². The summed E-state index contributed by atoms with van der Waals surface area (Å²) in [6.45, 7) is 3.45. The SMILES string of the molecule is Cc1ccc(S(=O)(=O)N2CCC[C@H]2C(=O)Nc2ccc(F)c(F)c2CC(C)O)cc1. The van der Waals surface area contributed by atoms with E-state index in [1.807, 2.05) is 6.92 Å². The maximum atomic E-state index is 14.2. The van der Waals surface area contributed by atoms with Gasteiger partial charge in [0.05, 0.1) is 11.0 Å². The van der Waals surface area contributed by atoms with Gasteiger partial charge in [-0.25, -0.2) is 17.2 Å². The number of aliphatic hydroxyl groups is 1. The lowest BCUT2D eigenvalue weighted by Gasteiger charge is -2.24. The number of hydrogen-bond acceptors (Lipinski definition) is 4. The lowest BCUT2D eigenvalue weighted by molar-refractivity contribution is -0.119. The van der Waals surface area contributed by atoms with E-state index in [2.05, 4.69) is 5.32 Å². The standard InChI is InChI=1S/C21H24F2N2O4S/c1-13-5-7-15(8-6-13)30(28,29)25-11-3-4-19(25)21(27)24-18-10-9-17(22)20(23)16(18)12-14(2)26/h5-10,14,19,26H,3-4,11-12H2,1-2H3,(H,24,27)/t14?,19-/m0/s1. The zero-order valence-electron chi connectivity index (χ0n) is 16.7. The Kier molecular flexibility index (Phi) is 6.54. The van der Waals surface area contributed by atoms with Crippen LogP contribution in [0, 0.1) is 18.6 Å². The minimum absolute atomic E-state index is 0.0133. The second-order valence-electron chi connectivity index (χ2n) is 7.52. The molecule has 1 heterocycles. The highest BCUT2D eigenvalue weighted by atomic mass is 32.2. The predicted octanol–water partition coefficient (Wildman–Crippen LogP) is 2.99. The number of rotatable bonds is 6. The fraction of sp³-hybridized carbons (Fsp3) is 0.381. The summed E-state index contributed by atoms with van der Waals surface area (Å²) >= 11 is 0. The van der Waals surface area contributed by atoms with Crippen molar-refractivity contribution in [1.82, 2.24) is 4.31 Å². The summed E-state index contributed by atoms with van der Waals surface area (Å²) in [5, 5.41) is 12.1. The van der Waals surface area contributed by atoms with Crippen LogP contribution < -0.4 is 5.32 Å². The van der Waals surface area contributed by atoms with Crippen LogP contribution >= 0.6 is 0 Å². The van der Waals surface area contributed by atoms with Crippen LogP contribution in [0.1, 0.15) is 30.9 Å². The Hall–Kier alpha value is -2.36. The number of aryl methyl sites for hydroxylation is 1. The fourth-order valence-electron chi connectivity index (χ4n) is 3.56. The molecule has 9 heteroatoms. The number of anilines is 1. The number of benzene rings is 2. The summed E-state index contributed by atoms with van der Waals surface area (Å²) in [6.07, 6.45) is -0.342. The molecular weight excluding hydrogens is 414 g/mol. The van der Waals surface area contributed by atoms with Crippen molar-refractivity contribution in [3.63, 3.8) is 0 Å². The average molecular weight is 438 g/mol. The van der Waals surface area contributed by atoms with Crippen LogP contribution in [0.25, 0.3) is 0 Å². The molecule has 2 aromatic carbocycles. The van der Waals surface area contributed by atoms with E-state index in [0.29, 0.717) is 12.8 Å². The number of carbonyl (C=O) groups is 1. The Morgan fingerprint density at radius 2 is 1.90 bits per heavy atom. The molecule has 30 heavy (non-hydrogen) atoms. The first-order valence-corrected chi connectivity index (χ1v) is 11.1. The monoisotopic (exact) mass is 438 g/mol. The van der Waals surface area contributed by atoms with E-state index in [1.165, 1.54) is 25.1 Å². The number of carbonyl (C=O) groups excluding carboxylic acids is 1. The van der Waals surface area contributed by atoms with Crippen LogP contribution in [0.4, 0.5) is 14.5 Å². The van der Waals surface area contributed by atoms with Gasteiger partial charge in [-0.1, -0.05) is 17.7 Å². The minimum atomic E-state index is -3.89. The molecule has 3 rings (SSSR count). The second-order valence-corrected chi connectivity index (χ2v) is 9.41. The molecule has 0 aromatic heterocycles. The Labute approximate surface area is 174 Å². The summed E-state index contributed by atoms with van der Waals surface area (Å²) in [7, 11) is -3.89.